The number of rotatable bonds is 5. The van der Waals surface area contributed by atoms with Crippen LogP contribution in [0, 0.1) is 0 Å². The Labute approximate surface area is 99.4 Å². The molecule has 7 nitrogen and oxygen atoms in total. The van der Waals surface area contributed by atoms with Crippen molar-refractivity contribution >= 4 is 22.0 Å². The summed E-state index contributed by atoms with van der Waals surface area (Å²) in [7, 11) is -3.98. The molecule has 0 aliphatic rings. The summed E-state index contributed by atoms with van der Waals surface area (Å²) in [6.45, 7) is 4.44. The minimum atomic E-state index is -3.98. The molecule has 0 aromatic rings. The van der Waals surface area contributed by atoms with Crippen molar-refractivity contribution in [3.05, 3.63) is 24.3 Å². The second-order valence-electron chi connectivity index (χ2n) is 2.87. The molecule has 0 bridgehead atoms. The number of hydrogen-bond acceptors (Lipinski definition) is 4. The Morgan fingerprint density at radius 2 is 1.82 bits per heavy atom. The minimum absolute atomic E-state index is 0.0109. The number of carboxylic acid groups (broad SMARTS) is 1. The molecule has 1 amide bonds. The van der Waals surface area contributed by atoms with Crippen LogP contribution in [0.4, 0.5) is 0 Å². The first-order valence-corrected chi connectivity index (χ1v) is 5.98. The van der Waals surface area contributed by atoms with Crippen molar-refractivity contribution in [2.24, 2.45) is 5.73 Å². The average molecular weight is 265 g/mol. The number of carbonyl (C=O) groups is 2. The van der Waals surface area contributed by atoms with Gasteiger partial charge < -0.3 is 10.8 Å². The highest BCUT2D eigenvalue weighted by molar-refractivity contribution is 7.85. The lowest BCUT2D eigenvalue weighted by molar-refractivity contribution is -0.132. The maximum Gasteiger partial charge on any atom is 0.330 e. The van der Waals surface area contributed by atoms with E-state index in [9.17, 15) is 18.0 Å². The van der Waals surface area contributed by atoms with E-state index in [1.807, 2.05) is 0 Å². The van der Waals surface area contributed by atoms with Crippen LogP contribution in [0.1, 0.15) is 13.3 Å². The summed E-state index contributed by atoms with van der Waals surface area (Å²) >= 11 is 0. The zero-order chi connectivity index (χ0) is 14.1. The number of carboxylic acids is 1. The molecular formula is C9H15NO6S. The smallest absolute Gasteiger partial charge is 0.330 e. The van der Waals surface area contributed by atoms with Gasteiger partial charge in [-0.25, -0.2) is 4.79 Å². The fraction of sp³-hybridized carbons (Fsp3) is 0.333. The maximum atomic E-state index is 10.2. The topological polar surface area (TPSA) is 135 Å². The van der Waals surface area contributed by atoms with Crippen LogP contribution in [0.5, 0.6) is 0 Å². The number of amides is 1. The normalized spacial score (nSPS) is 11.1. The van der Waals surface area contributed by atoms with E-state index < -0.39 is 27.7 Å². The summed E-state index contributed by atoms with van der Waals surface area (Å²) in [5, 5.41) is 8.33. The van der Waals surface area contributed by atoms with Gasteiger partial charge >= 0.3 is 5.97 Å². The van der Waals surface area contributed by atoms with Gasteiger partial charge in [-0.1, -0.05) is 12.7 Å². The van der Waals surface area contributed by atoms with E-state index in [0.29, 0.717) is 0 Å². The largest absolute Gasteiger partial charge is 0.478 e. The van der Waals surface area contributed by atoms with Crippen molar-refractivity contribution in [2.75, 3.05) is 5.75 Å². The highest BCUT2D eigenvalue weighted by atomic mass is 32.2. The molecule has 0 spiro atoms. The summed E-state index contributed by atoms with van der Waals surface area (Å²) < 4.78 is 28.6. The van der Waals surface area contributed by atoms with E-state index in [1.54, 1.807) is 0 Å². The average Bonchev–Trinajstić information content (AvgIpc) is 2.16. The van der Waals surface area contributed by atoms with Gasteiger partial charge in [-0.05, 0) is 19.4 Å². The molecule has 98 valence electrons. The van der Waals surface area contributed by atoms with Crippen molar-refractivity contribution in [3.8, 4) is 0 Å². The van der Waals surface area contributed by atoms with Gasteiger partial charge in [0.1, 0.15) is 0 Å². The van der Waals surface area contributed by atoms with Gasteiger partial charge in [-0.15, -0.1) is 0 Å². The molecule has 0 aliphatic carbocycles. The first-order valence-electron chi connectivity index (χ1n) is 4.37. The quantitative estimate of drug-likeness (QED) is 0.471. The van der Waals surface area contributed by atoms with E-state index in [0.717, 1.165) is 6.08 Å². The molecule has 4 N–H and O–H groups in total. The molecule has 0 saturated heterocycles. The first-order chi connectivity index (χ1) is 7.60. The van der Waals surface area contributed by atoms with Crippen molar-refractivity contribution in [1.29, 1.82) is 0 Å². The predicted molar refractivity (Wildman–Crippen MR) is 61.8 cm³/mol. The van der Waals surface area contributed by atoms with E-state index in [1.165, 1.54) is 13.0 Å². The highest BCUT2D eigenvalue weighted by Crippen LogP contribution is 1.97. The molecule has 0 radical (unpaired) electrons. The monoisotopic (exact) mass is 265 g/mol. The molecule has 0 heterocycles. The molecule has 0 saturated carbocycles. The Morgan fingerprint density at radius 1 is 1.41 bits per heavy atom. The summed E-state index contributed by atoms with van der Waals surface area (Å²) in [5.74, 6) is -2.02. The third-order valence-corrected chi connectivity index (χ3v) is 2.12. The van der Waals surface area contributed by atoms with Crippen LogP contribution in [0.3, 0.4) is 0 Å². The Balaban J connectivity index is 0. The molecule has 0 atom stereocenters. The number of nitrogens with two attached hydrogens (primary N) is 1. The molecule has 0 rings (SSSR count). The van der Waals surface area contributed by atoms with Crippen LogP contribution in [-0.2, 0) is 19.7 Å². The van der Waals surface area contributed by atoms with E-state index in [4.69, 9.17) is 9.66 Å². The molecule has 0 aromatic heterocycles. The van der Waals surface area contributed by atoms with Gasteiger partial charge in [0.05, 0.1) is 5.75 Å². The number of hydrogen-bond donors (Lipinski definition) is 3. The van der Waals surface area contributed by atoms with Gasteiger partial charge in [-0.3, -0.25) is 9.35 Å². The van der Waals surface area contributed by atoms with Crippen molar-refractivity contribution in [1.82, 2.24) is 0 Å². The summed E-state index contributed by atoms with van der Waals surface area (Å²) in [5.41, 5.74) is 4.60. The van der Waals surface area contributed by atoms with Crippen LogP contribution >= 0.6 is 0 Å². The predicted octanol–water partition coefficient (Wildman–Crippen LogP) is -0.0471. The second-order valence-corrected chi connectivity index (χ2v) is 4.45. The lowest BCUT2D eigenvalue weighted by Crippen LogP contribution is -2.04. The summed E-state index contributed by atoms with van der Waals surface area (Å²) in [6, 6.07) is 0. The number of aliphatic carboxylic acids is 1. The van der Waals surface area contributed by atoms with Gasteiger partial charge in [-0.2, -0.15) is 8.42 Å². The lowest BCUT2D eigenvalue weighted by Gasteiger charge is -1.93. The molecule has 0 fully saturated rings. The Morgan fingerprint density at radius 3 is 2.06 bits per heavy atom. The van der Waals surface area contributed by atoms with E-state index in [2.05, 4.69) is 12.3 Å². The molecule has 8 heteroatoms. The molecular weight excluding hydrogens is 250 g/mol. The zero-order valence-electron chi connectivity index (χ0n) is 9.29. The molecule has 0 unspecified atom stereocenters. The van der Waals surface area contributed by atoms with Crippen LogP contribution < -0.4 is 5.73 Å². The van der Waals surface area contributed by atoms with Gasteiger partial charge in [0.2, 0.25) is 5.91 Å². The summed E-state index contributed by atoms with van der Waals surface area (Å²) in [4.78, 5) is 19.6. The summed E-state index contributed by atoms with van der Waals surface area (Å²) in [6.07, 6.45) is 2.31. The number of carbonyl (C=O) groups excluding carboxylic acids is 1. The van der Waals surface area contributed by atoms with Crippen molar-refractivity contribution in [2.45, 2.75) is 13.3 Å². The van der Waals surface area contributed by atoms with E-state index >= 15 is 0 Å². The van der Waals surface area contributed by atoms with Crippen LogP contribution in [-0.4, -0.2) is 35.7 Å². The van der Waals surface area contributed by atoms with Crippen molar-refractivity contribution < 1.29 is 27.7 Å². The molecule has 0 aromatic carbocycles. The third kappa shape index (κ3) is 17.0. The number of primary amides is 1. The van der Waals surface area contributed by atoms with Gasteiger partial charge in [0.25, 0.3) is 10.1 Å². The maximum absolute atomic E-state index is 10.2. The lowest BCUT2D eigenvalue weighted by atomic mass is 10.2. The van der Waals surface area contributed by atoms with E-state index in [-0.39, 0.29) is 12.0 Å². The van der Waals surface area contributed by atoms with Gasteiger partial charge in [0, 0.05) is 5.57 Å². The van der Waals surface area contributed by atoms with Crippen molar-refractivity contribution in [3.63, 3.8) is 0 Å². The Hall–Kier alpha value is -1.67. The van der Waals surface area contributed by atoms with Crippen LogP contribution in [0.15, 0.2) is 24.3 Å². The standard InChI is InChI=1S/C6H10O5S.C3H5NO/c1-5(6(7)8)3-2-4-12(9,10)11;1-2-3(4)5/h3H,2,4H2,1H3,(H,7,8)(H,9,10,11);2H,1H2,(H2,4,5)/b5-3+;. The first kappa shape index (κ1) is 17.7. The molecule has 0 aliphatic heterocycles. The second kappa shape index (κ2) is 8.48. The minimum Gasteiger partial charge on any atom is -0.478 e. The van der Waals surface area contributed by atoms with Crippen LogP contribution in [0.25, 0.3) is 0 Å². The third-order valence-electron chi connectivity index (χ3n) is 1.36. The zero-order valence-corrected chi connectivity index (χ0v) is 10.1. The Kier molecular flexibility index (Phi) is 8.84. The van der Waals surface area contributed by atoms with Crippen LogP contribution in [0.2, 0.25) is 0 Å². The SMILES string of the molecule is C/C(=C\CCS(=O)(=O)O)C(=O)O.C=CC(N)=O. The fourth-order valence-corrected chi connectivity index (χ4v) is 0.927. The fourth-order valence-electron chi connectivity index (χ4n) is 0.512. The number of allylic oxidation sites excluding steroid dienone is 1. The van der Waals surface area contributed by atoms with Gasteiger partial charge in [0.15, 0.2) is 0 Å². The molecule has 17 heavy (non-hydrogen) atoms. The highest BCUT2D eigenvalue weighted by Gasteiger charge is 2.03. The Bertz CT molecular complexity index is 409.